The van der Waals surface area contributed by atoms with Crippen LogP contribution in [0.3, 0.4) is 0 Å². The lowest BCUT2D eigenvalue weighted by atomic mass is 9.70. The molecule has 0 aromatic rings. The van der Waals surface area contributed by atoms with Gasteiger partial charge < -0.3 is 14.6 Å². The van der Waals surface area contributed by atoms with E-state index in [0.717, 1.165) is 38.7 Å². The Morgan fingerprint density at radius 2 is 1.63 bits per heavy atom. The molecule has 0 saturated carbocycles. The van der Waals surface area contributed by atoms with E-state index in [1.54, 1.807) is 0 Å². The summed E-state index contributed by atoms with van der Waals surface area (Å²) in [7, 11) is 0. The standard InChI is InChI=1S/C16H30O3/c1-12-4-5-13(8-10-18-12)16(2,3)15-7-6-14(17)9-11-19-15/h12-15,17H,4-11H2,1-3H3. The van der Waals surface area contributed by atoms with Gasteiger partial charge in [0.1, 0.15) is 0 Å². The Hall–Kier alpha value is -0.120. The molecule has 0 aromatic carbocycles. The van der Waals surface area contributed by atoms with Crippen LogP contribution < -0.4 is 0 Å². The van der Waals surface area contributed by atoms with E-state index >= 15 is 0 Å². The first-order valence-electron chi connectivity index (χ1n) is 7.91. The summed E-state index contributed by atoms with van der Waals surface area (Å²) in [4.78, 5) is 0. The highest BCUT2D eigenvalue weighted by Gasteiger charge is 2.39. The molecule has 0 aliphatic carbocycles. The molecule has 4 unspecified atom stereocenters. The normalized spacial score (nSPS) is 38.5. The number of hydrogen-bond donors (Lipinski definition) is 1. The fourth-order valence-electron chi connectivity index (χ4n) is 3.59. The molecule has 2 rings (SSSR count). The molecule has 1 N–H and O–H groups in total. The average Bonchev–Trinajstić information content (AvgIpc) is 2.70. The molecule has 3 heteroatoms. The van der Waals surface area contributed by atoms with Gasteiger partial charge in [0, 0.05) is 13.2 Å². The van der Waals surface area contributed by atoms with Crippen LogP contribution in [0.5, 0.6) is 0 Å². The quantitative estimate of drug-likeness (QED) is 0.837. The van der Waals surface area contributed by atoms with Crippen LogP contribution in [0.4, 0.5) is 0 Å². The van der Waals surface area contributed by atoms with Crippen LogP contribution in [-0.2, 0) is 9.47 Å². The minimum absolute atomic E-state index is 0.168. The van der Waals surface area contributed by atoms with Gasteiger partial charge in [-0.1, -0.05) is 13.8 Å². The molecule has 19 heavy (non-hydrogen) atoms. The molecule has 2 saturated heterocycles. The number of ether oxygens (including phenoxy) is 2. The highest BCUT2D eigenvalue weighted by atomic mass is 16.5. The number of aliphatic hydroxyl groups is 1. The van der Waals surface area contributed by atoms with Gasteiger partial charge in [0.2, 0.25) is 0 Å². The topological polar surface area (TPSA) is 38.7 Å². The molecule has 112 valence electrons. The average molecular weight is 270 g/mol. The highest BCUT2D eigenvalue weighted by molar-refractivity contribution is 4.89. The molecule has 2 fully saturated rings. The van der Waals surface area contributed by atoms with Gasteiger partial charge in [-0.3, -0.25) is 0 Å². The third kappa shape index (κ3) is 3.93. The van der Waals surface area contributed by atoms with Crippen molar-refractivity contribution >= 4 is 0 Å². The largest absolute Gasteiger partial charge is 0.393 e. The van der Waals surface area contributed by atoms with Crippen molar-refractivity contribution < 1.29 is 14.6 Å². The van der Waals surface area contributed by atoms with E-state index in [0.29, 0.717) is 18.6 Å². The van der Waals surface area contributed by atoms with E-state index < -0.39 is 0 Å². The van der Waals surface area contributed by atoms with Crippen LogP contribution in [0.1, 0.15) is 59.3 Å². The maximum absolute atomic E-state index is 9.76. The van der Waals surface area contributed by atoms with E-state index in [4.69, 9.17) is 9.47 Å². The van der Waals surface area contributed by atoms with Crippen LogP contribution in [0.25, 0.3) is 0 Å². The van der Waals surface area contributed by atoms with Crippen LogP contribution in [0, 0.1) is 11.3 Å². The van der Waals surface area contributed by atoms with Gasteiger partial charge in [0.05, 0.1) is 18.3 Å². The summed E-state index contributed by atoms with van der Waals surface area (Å²) >= 11 is 0. The van der Waals surface area contributed by atoms with Crippen molar-refractivity contribution in [3.05, 3.63) is 0 Å². The Labute approximate surface area is 117 Å². The summed E-state index contributed by atoms with van der Waals surface area (Å²) in [6.45, 7) is 8.44. The maximum atomic E-state index is 9.76. The third-order valence-corrected chi connectivity index (χ3v) is 5.20. The molecule has 3 nitrogen and oxygen atoms in total. The van der Waals surface area contributed by atoms with E-state index in [1.165, 1.54) is 6.42 Å². The van der Waals surface area contributed by atoms with Gasteiger partial charge in [-0.25, -0.2) is 0 Å². The summed E-state index contributed by atoms with van der Waals surface area (Å²) in [5, 5.41) is 9.76. The van der Waals surface area contributed by atoms with Crippen molar-refractivity contribution in [1.29, 1.82) is 0 Å². The molecule has 4 atom stereocenters. The molecule has 0 amide bonds. The van der Waals surface area contributed by atoms with Crippen molar-refractivity contribution in [3.63, 3.8) is 0 Å². The number of rotatable bonds is 2. The molecule has 2 aliphatic rings. The Balaban J connectivity index is 1.99. The lowest BCUT2D eigenvalue weighted by Gasteiger charge is -2.40. The number of hydrogen-bond acceptors (Lipinski definition) is 3. The highest BCUT2D eigenvalue weighted by Crippen LogP contribution is 2.42. The van der Waals surface area contributed by atoms with Gasteiger partial charge >= 0.3 is 0 Å². The van der Waals surface area contributed by atoms with Crippen molar-refractivity contribution in [2.24, 2.45) is 11.3 Å². The zero-order chi connectivity index (χ0) is 13.9. The minimum Gasteiger partial charge on any atom is -0.393 e. The second kappa shape index (κ2) is 6.55. The van der Waals surface area contributed by atoms with E-state index in [-0.39, 0.29) is 17.6 Å². The summed E-state index contributed by atoms with van der Waals surface area (Å²) in [5.41, 5.74) is 0.178. The lowest BCUT2D eigenvalue weighted by molar-refractivity contribution is -0.0546. The predicted molar refractivity (Wildman–Crippen MR) is 76.1 cm³/mol. The first-order valence-corrected chi connectivity index (χ1v) is 7.91. The van der Waals surface area contributed by atoms with Gasteiger partial charge in [-0.2, -0.15) is 0 Å². The third-order valence-electron chi connectivity index (χ3n) is 5.20. The molecule has 2 heterocycles. The van der Waals surface area contributed by atoms with Crippen LogP contribution in [0.15, 0.2) is 0 Å². The van der Waals surface area contributed by atoms with E-state index in [2.05, 4.69) is 20.8 Å². The van der Waals surface area contributed by atoms with Crippen molar-refractivity contribution in [1.82, 2.24) is 0 Å². The molecule has 0 aromatic heterocycles. The van der Waals surface area contributed by atoms with Crippen molar-refractivity contribution in [2.75, 3.05) is 13.2 Å². The van der Waals surface area contributed by atoms with Gasteiger partial charge in [-0.05, 0) is 56.8 Å². The van der Waals surface area contributed by atoms with Crippen LogP contribution in [0.2, 0.25) is 0 Å². The van der Waals surface area contributed by atoms with Crippen molar-refractivity contribution in [2.45, 2.75) is 77.6 Å². The predicted octanol–water partition coefficient (Wildman–Crippen LogP) is 3.15. The lowest BCUT2D eigenvalue weighted by Crippen LogP contribution is -2.38. The van der Waals surface area contributed by atoms with Gasteiger partial charge in [-0.15, -0.1) is 0 Å². The second-order valence-electron chi connectivity index (χ2n) is 6.95. The molecular formula is C16H30O3. The van der Waals surface area contributed by atoms with Crippen LogP contribution in [-0.4, -0.2) is 36.6 Å². The molecule has 0 radical (unpaired) electrons. The Bertz CT molecular complexity index is 251. The molecule has 0 spiro atoms. The Morgan fingerprint density at radius 3 is 2.42 bits per heavy atom. The van der Waals surface area contributed by atoms with Crippen LogP contribution >= 0.6 is 0 Å². The SMILES string of the molecule is CC1CCC(C(C)(C)C2CCC(O)CCO2)CCO1. The fourth-order valence-corrected chi connectivity index (χ4v) is 3.59. The minimum atomic E-state index is -0.168. The zero-order valence-corrected chi connectivity index (χ0v) is 12.7. The summed E-state index contributed by atoms with van der Waals surface area (Å²) < 4.78 is 11.8. The molecule has 2 aliphatic heterocycles. The first-order chi connectivity index (χ1) is 9.00. The molecular weight excluding hydrogens is 240 g/mol. The van der Waals surface area contributed by atoms with Gasteiger partial charge in [0.15, 0.2) is 0 Å². The number of aliphatic hydroxyl groups excluding tert-OH is 1. The summed E-state index contributed by atoms with van der Waals surface area (Å²) in [5.74, 6) is 0.665. The fraction of sp³-hybridized carbons (Fsp3) is 1.00. The Morgan fingerprint density at radius 1 is 0.895 bits per heavy atom. The smallest absolute Gasteiger partial charge is 0.0629 e. The van der Waals surface area contributed by atoms with E-state index in [9.17, 15) is 5.11 Å². The van der Waals surface area contributed by atoms with E-state index in [1.807, 2.05) is 0 Å². The molecule has 0 bridgehead atoms. The monoisotopic (exact) mass is 270 g/mol. The maximum Gasteiger partial charge on any atom is 0.0629 e. The zero-order valence-electron chi connectivity index (χ0n) is 12.7. The van der Waals surface area contributed by atoms with Crippen molar-refractivity contribution in [3.8, 4) is 0 Å². The summed E-state index contributed by atoms with van der Waals surface area (Å²) in [6.07, 6.45) is 6.70. The Kier molecular flexibility index (Phi) is 5.27. The van der Waals surface area contributed by atoms with Gasteiger partial charge in [0.25, 0.3) is 0 Å². The second-order valence-corrected chi connectivity index (χ2v) is 6.95. The summed E-state index contributed by atoms with van der Waals surface area (Å²) in [6, 6.07) is 0. The first kappa shape index (κ1) is 15.3.